The first kappa shape index (κ1) is 14.8. The Morgan fingerprint density at radius 1 is 1.37 bits per heavy atom. The Labute approximate surface area is 118 Å². The minimum atomic E-state index is -4.03. The Balaban J connectivity index is 2.16. The van der Waals surface area contributed by atoms with Gasteiger partial charge in [-0.1, -0.05) is 0 Å². The van der Waals surface area contributed by atoms with Crippen molar-refractivity contribution in [1.82, 2.24) is 4.72 Å². The van der Waals surface area contributed by atoms with E-state index in [1.165, 1.54) is 0 Å². The van der Waals surface area contributed by atoms with Gasteiger partial charge in [-0.3, -0.25) is 0 Å². The molecule has 1 unspecified atom stereocenters. The van der Waals surface area contributed by atoms with Crippen LogP contribution < -0.4 is 10.5 Å². The van der Waals surface area contributed by atoms with Crippen LogP contribution in [0.15, 0.2) is 21.5 Å². The van der Waals surface area contributed by atoms with Crippen molar-refractivity contribution in [2.75, 3.05) is 6.54 Å². The van der Waals surface area contributed by atoms with Gasteiger partial charge in [0.1, 0.15) is 16.5 Å². The van der Waals surface area contributed by atoms with Crippen molar-refractivity contribution < 1.29 is 17.2 Å². The molecule has 1 atom stereocenters. The van der Waals surface area contributed by atoms with Gasteiger partial charge in [0.25, 0.3) is 0 Å². The van der Waals surface area contributed by atoms with Crippen molar-refractivity contribution in [2.24, 2.45) is 11.7 Å². The van der Waals surface area contributed by atoms with Gasteiger partial charge in [-0.15, -0.1) is 0 Å². The van der Waals surface area contributed by atoms with E-state index in [-0.39, 0.29) is 17.1 Å². The molecule has 8 heteroatoms. The van der Waals surface area contributed by atoms with Crippen LogP contribution in [-0.4, -0.2) is 21.0 Å². The van der Waals surface area contributed by atoms with Crippen LogP contribution in [0.1, 0.15) is 12.8 Å². The smallest absolute Gasteiger partial charge is 0.243 e. The van der Waals surface area contributed by atoms with Crippen molar-refractivity contribution in [1.29, 1.82) is 0 Å². The van der Waals surface area contributed by atoms with Crippen LogP contribution in [0, 0.1) is 17.6 Å². The Hall–Kier alpha value is -0.570. The molecule has 0 amide bonds. The minimum Gasteiger partial charge on any atom is -0.326 e. The monoisotopic (exact) mass is 354 g/mol. The van der Waals surface area contributed by atoms with Crippen molar-refractivity contribution in [3.63, 3.8) is 0 Å². The molecule has 106 valence electrons. The molecular weight excluding hydrogens is 342 g/mol. The first-order chi connectivity index (χ1) is 8.81. The van der Waals surface area contributed by atoms with Crippen LogP contribution in [0.4, 0.5) is 8.78 Å². The number of sulfonamides is 1. The third-order valence-electron chi connectivity index (χ3n) is 3.00. The molecule has 1 aliphatic carbocycles. The molecular formula is C11H13BrF2N2O2S. The highest BCUT2D eigenvalue weighted by molar-refractivity contribution is 9.10. The van der Waals surface area contributed by atoms with E-state index in [4.69, 9.17) is 5.73 Å². The highest BCUT2D eigenvalue weighted by Crippen LogP contribution is 2.31. The predicted octanol–water partition coefficient (Wildman–Crippen LogP) is 1.74. The van der Waals surface area contributed by atoms with E-state index in [1.54, 1.807) is 0 Å². The molecule has 0 aromatic heterocycles. The normalized spacial score (nSPS) is 17.5. The molecule has 1 saturated carbocycles. The maximum Gasteiger partial charge on any atom is 0.243 e. The van der Waals surface area contributed by atoms with E-state index < -0.39 is 26.6 Å². The molecule has 19 heavy (non-hydrogen) atoms. The lowest BCUT2D eigenvalue weighted by molar-refractivity contribution is 0.528. The molecule has 1 aromatic rings. The number of hydrogen-bond acceptors (Lipinski definition) is 3. The number of nitrogens with one attached hydrogen (secondary N) is 1. The SMILES string of the molecule is NC(CNS(=O)(=O)c1cc(Br)c(F)cc1F)C1CC1. The fourth-order valence-corrected chi connectivity index (χ4v) is 3.34. The standard InChI is InChI=1S/C11H13BrF2N2O2S/c12-7-3-11(9(14)4-8(7)13)19(17,18)16-5-10(15)6-1-2-6/h3-4,6,10,16H,1-2,5,15H2. The average molecular weight is 355 g/mol. The van der Waals surface area contributed by atoms with E-state index in [1.807, 2.05) is 0 Å². The first-order valence-electron chi connectivity index (χ1n) is 5.71. The molecule has 1 aromatic carbocycles. The quantitative estimate of drug-likeness (QED) is 0.791. The molecule has 1 fully saturated rings. The molecule has 3 N–H and O–H groups in total. The van der Waals surface area contributed by atoms with Crippen molar-refractivity contribution in [3.05, 3.63) is 28.2 Å². The number of benzene rings is 1. The molecule has 1 aliphatic rings. The predicted molar refractivity (Wildman–Crippen MR) is 69.9 cm³/mol. The van der Waals surface area contributed by atoms with Crippen molar-refractivity contribution >= 4 is 26.0 Å². The second-order valence-electron chi connectivity index (χ2n) is 4.55. The van der Waals surface area contributed by atoms with Gasteiger partial charge in [0, 0.05) is 18.7 Å². The molecule has 0 bridgehead atoms. The summed E-state index contributed by atoms with van der Waals surface area (Å²) in [4.78, 5) is -0.594. The maximum atomic E-state index is 13.5. The van der Waals surface area contributed by atoms with Crippen LogP contribution in [0.2, 0.25) is 0 Å². The zero-order valence-electron chi connectivity index (χ0n) is 9.87. The molecule has 2 rings (SSSR count). The zero-order valence-corrected chi connectivity index (χ0v) is 12.3. The molecule has 0 aliphatic heterocycles. The van der Waals surface area contributed by atoms with Gasteiger partial charge in [-0.25, -0.2) is 21.9 Å². The Morgan fingerprint density at radius 2 is 2.00 bits per heavy atom. The van der Waals surface area contributed by atoms with Crippen LogP contribution in [0.25, 0.3) is 0 Å². The van der Waals surface area contributed by atoms with Gasteiger partial charge in [0.15, 0.2) is 0 Å². The summed E-state index contributed by atoms with van der Waals surface area (Å²) in [7, 11) is -4.03. The molecule has 0 saturated heterocycles. The summed E-state index contributed by atoms with van der Waals surface area (Å²) in [6.45, 7) is 0.0431. The zero-order chi connectivity index (χ0) is 14.2. The summed E-state index contributed by atoms with van der Waals surface area (Å²) in [5.74, 6) is -1.66. The molecule has 0 radical (unpaired) electrons. The summed E-state index contributed by atoms with van der Waals surface area (Å²) >= 11 is 2.83. The second kappa shape index (κ2) is 5.43. The van der Waals surface area contributed by atoms with E-state index in [0.717, 1.165) is 18.9 Å². The fourth-order valence-electron chi connectivity index (χ4n) is 1.68. The summed E-state index contributed by atoms with van der Waals surface area (Å²) in [5, 5.41) is 0. The van der Waals surface area contributed by atoms with Gasteiger partial charge in [0.2, 0.25) is 10.0 Å². The number of hydrogen-bond donors (Lipinski definition) is 2. The topological polar surface area (TPSA) is 72.2 Å². The van der Waals surface area contributed by atoms with Crippen LogP contribution in [0.5, 0.6) is 0 Å². The Kier molecular flexibility index (Phi) is 4.24. The van der Waals surface area contributed by atoms with Crippen LogP contribution in [-0.2, 0) is 10.0 Å². The Morgan fingerprint density at radius 3 is 2.58 bits per heavy atom. The third kappa shape index (κ3) is 3.50. The fraction of sp³-hybridized carbons (Fsp3) is 0.455. The van der Waals surface area contributed by atoms with E-state index in [0.29, 0.717) is 12.0 Å². The van der Waals surface area contributed by atoms with Crippen molar-refractivity contribution in [3.8, 4) is 0 Å². The second-order valence-corrected chi connectivity index (χ2v) is 7.14. The summed E-state index contributed by atoms with van der Waals surface area (Å²) in [6.07, 6.45) is 1.97. The highest BCUT2D eigenvalue weighted by atomic mass is 79.9. The highest BCUT2D eigenvalue weighted by Gasteiger charge is 2.30. The number of halogens is 3. The van der Waals surface area contributed by atoms with E-state index in [2.05, 4.69) is 20.7 Å². The molecule has 4 nitrogen and oxygen atoms in total. The molecule has 0 spiro atoms. The largest absolute Gasteiger partial charge is 0.326 e. The van der Waals surface area contributed by atoms with Gasteiger partial charge < -0.3 is 5.73 Å². The summed E-state index contributed by atoms with van der Waals surface area (Å²) in [5.41, 5.74) is 5.77. The lowest BCUT2D eigenvalue weighted by Crippen LogP contribution is -2.38. The average Bonchev–Trinajstić information content (AvgIpc) is 3.14. The first-order valence-corrected chi connectivity index (χ1v) is 7.98. The van der Waals surface area contributed by atoms with E-state index >= 15 is 0 Å². The van der Waals surface area contributed by atoms with Gasteiger partial charge in [-0.2, -0.15) is 0 Å². The van der Waals surface area contributed by atoms with Crippen LogP contribution in [0.3, 0.4) is 0 Å². The lowest BCUT2D eigenvalue weighted by Gasteiger charge is -2.12. The number of rotatable bonds is 5. The minimum absolute atomic E-state index is 0.0431. The third-order valence-corrected chi connectivity index (χ3v) is 5.05. The molecule has 0 heterocycles. The maximum absolute atomic E-state index is 13.5. The van der Waals surface area contributed by atoms with Gasteiger partial charge in [-0.05, 0) is 40.8 Å². The van der Waals surface area contributed by atoms with E-state index in [9.17, 15) is 17.2 Å². The van der Waals surface area contributed by atoms with Gasteiger partial charge >= 0.3 is 0 Å². The van der Waals surface area contributed by atoms with Crippen molar-refractivity contribution in [2.45, 2.75) is 23.8 Å². The lowest BCUT2D eigenvalue weighted by atomic mass is 10.2. The summed E-state index contributed by atoms with van der Waals surface area (Å²) < 4.78 is 52.5. The summed E-state index contributed by atoms with van der Waals surface area (Å²) in [6, 6.07) is 1.15. The number of nitrogens with two attached hydrogens (primary N) is 1. The Bertz CT molecular complexity index is 591. The van der Waals surface area contributed by atoms with Gasteiger partial charge in [0.05, 0.1) is 4.47 Å². The van der Waals surface area contributed by atoms with Crippen LogP contribution >= 0.6 is 15.9 Å².